The zero-order valence-corrected chi connectivity index (χ0v) is 13.9. The van der Waals surface area contributed by atoms with E-state index >= 15 is 0 Å². The third kappa shape index (κ3) is 5.38. The van der Waals surface area contributed by atoms with Crippen LogP contribution in [0, 0.1) is 6.92 Å². The molecule has 1 atom stereocenters. The number of amides is 1. The lowest BCUT2D eigenvalue weighted by molar-refractivity contribution is -0.124. The molecule has 0 aliphatic carbocycles. The summed E-state index contributed by atoms with van der Waals surface area (Å²) in [6.45, 7) is 8.92. The van der Waals surface area contributed by atoms with Crippen molar-refractivity contribution in [2.24, 2.45) is 5.73 Å². The molecule has 1 rings (SSSR count). The molecule has 0 spiro atoms. The largest absolute Gasteiger partial charge is 0.375 e. The van der Waals surface area contributed by atoms with Crippen LogP contribution in [0.25, 0.3) is 0 Å². The lowest BCUT2D eigenvalue weighted by atomic mass is 9.93. The molecule has 0 saturated carbocycles. The van der Waals surface area contributed by atoms with Crippen molar-refractivity contribution >= 4 is 11.6 Å². The summed E-state index contributed by atoms with van der Waals surface area (Å²) >= 11 is 0. The van der Waals surface area contributed by atoms with Crippen LogP contribution in [0.3, 0.4) is 0 Å². The Balaban J connectivity index is 2.54. The van der Waals surface area contributed by atoms with E-state index < -0.39 is 5.54 Å². The summed E-state index contributed by atoms with van der Waals surface area (Å²) in [5.41, 5.74) is 7.36. The monoisotopic (exact) mass is 291 g/mol. The second-order valence-corrected chi connectivity index (χ2v) is 6.36. The number of aryl methyl sites for hydroxylation is 1. The topological polar surface area (TPSA) is 58.4 Å². The van der Waals surface area contributed by atoms with Crippen molar-refractivity contribution in [1.29, 1.82) is 0 Å². The maximum absolute atomic E-state index is 11.7. The number of primary amides is 1. The molecular weight excluding hydrogens is 262 g/mol. The number of carbonyl (C=O) groups excluding carboxylic acids is 1. The zero-order chi connectivity index (χ0) is 16.0. The van der Waals surface area contributed by atoms with Gasteiger partial charge in [-0.15, -0.1) is 0 Å². The van der Waals surface area contributed by atoms with Crippen LogP contribution in [0.4, 0.5) is 5.69 Å². The van der Waals surface area contributed by atoms with E-state index in [9.17, 15) is 4.79 Å². The first-order valence-corrected chi connectivity index (χ1v) is 7.60. The zero-order valence-electron chi connectivity index (χ0n) is 13.9. The third-order valence-electron chi connectivity index (χ3n) is 3.80. The number of rotatable bonds is 8. The maximum Gasteiger partial charge on any atom is 0.237 e. The molecule has 1 unspecified atom stereocenters. The van der Waals surface area contributed by atoms with E-state index in [1.54, 1.807) is 0 Å². The number of hydrogen-bond donors (Lipinski definition) is 2. The molecule has 4 heteroatoms. The molecule has 0 aliphatic heterocycles. The molecular formula is C17H29N3O. The van der Waals surface area contributed by atoms with Gasteiger partial charge >= 0.3 is 0 Å². The lowest BCUT2D eigenvalue weighted by Gasteiger charge is -2.31. The molecule has 0 radical (unpaired) electrons. The highest BCUT2D eigenvalue weighted by Gasteiger charge is 2.30. The Morgan fingerprint density at radius 3 is 2.38 bits per heavy atom. The molecule has 3 N–H and O–H groups in total. The molecule has 21 heavy (non-hydrogen) atoms. The summed E-state index contributed by atoms with van der Waals surface area (Å²) in [6.07, 6.45) is 1.64. The minimum absolute atomic E-state index is 0.234. The molecule has 0 fully saturated rings. The van der Waals surface area contributed by atoms with Crippen LogP contribution in [0.15, 0.2) is 24.3 Å². The fourth-order valence-electron chi connectivity index (χ4n) is 2.50. The standard InChI is InChI=1S/C17H29N3O/c1-13(2)19-17(4,16(18)21)11-6-12-20(5)15-9-7-14(3)8-10-15/h7-10,13,19H,6,11-12H2,1-5H3,(H2,18,21). The average molecular weight is 291 g/mol. The van der Waals surface area contributed by atoms with Crippen molar-refractivity contribution in [1.82, 2.24) is 5.32 Å². The number of carbonyl (C=O) groups is 1. The molecule has 1 aromatic carbocycles. The minimum Gasteiger partial charge on any atom is -0.375 e. The van der Waals surface area contributed by atoms with E-state index in [0.29, 0.717) is 0 Å². The van der Waals surface area contributed by atoms with E-state index in [0.717, 1.165) is 19.4 Å². The minimum atomic E-state index is -0.637. The number of anilines is 1. The first-order valence-electron chi connectivity index (χ1n) is 7.60. The van der Waals surface area contributed by atoms with E-state index in [2.05, 4.69) is 48.5 Å². The summed E-state index contributed by atoms with van der Waals surface area (Å²) in [4.78, 5) is 13.9. The Morgan fingerprint density at radius 1 is 1.33 bits per heavy atom. The fourth-order valence-corrected chi connectivity index (χ4v) is 2.50. The number of nitrogens with zero attached hydrogens (tertiary/aromatic N) is 1. The van der Waals surface area contributed by atoms with Crippen molar-refractivity contribution in [2.45, 2.75) is 52.1 Å². The van der Waals surface area contributed by atoms with Gasteiger partial charge in [0.15, 0.2) is 0 Å². The number of nitrogens with two attached hydrogens (primary N) is 1. The molecule has 0 bridgehead atoms. The van der Waals surface area contributed by atoms with Gasteiger partial charge in [-0.2, -0.15) is 0 Å². The SMILES string of the molecule is Cc1ccc(N(C)CCCC(C)(NC(C)C)C(N)=O)cc1. The van der Waals surface area contributed by atoms with Gasteiger partial charge in [-0.05, 0) is 52.7 Å². The molecule has 0 aromatic heterocycles. The van der Waals surface area contributed by atoms with Crippen LogP contribution in [-0.2, 0) is 4.79 Å². The maximum atomic E-state index is 11.7. The van der Waals surface area contributed by atoms with Crippen molar-refractivity contribution < 1.29 is 4.79 Å². The Labute approximate surface area is 128 Å². The first-order chi connectivity index (χ1) is 9.74. The van der Waals surface area contributed by atoms with E-state index in [1.807, 2.05) is 20.8 Å². The molecule has 1 amide bonds. The third-order valence-corrected chi connectivity index (χ3v) is 3.80. The highest BCUT2D eigenvalue weighted by molar-refractivity contribution is 5.84. The predicted octanol–water partition coefficient (Wildman–Crippen LogP) is 2.45. The average Bonchev–Trinajstić information content (AvgIpc) is 2.38. The van der Waals surface area contributed by atoms with Gasteiger partial charge in [0.1, 0.15) is 0 Å². The van der Waals surface area contributed by atoms with Crippen LogP contribution in [0.2, 0.25) is 0 Å². The van der Waals surface area contributed by atoms with Crippen molar-refractivity contribution in [3.63, 3.8) is 0 Å². The molecule has 1 aromatic rings. The summed E-state index contributed by atoms with van der Waals surface area (Å²) in [6, 6.07) is 8.70. The molecule has 0 heterocycles. The summed E-state index contributed by atoms with van der Waals surface area (Å²) in [5, 5.41) is 3.28. The Bertz CT molecular complexity index is 456. The fraction of sp³-hybridized carbons (Fsp3) is 0.588. The van der Waals surface area contributed by atoms with Gasteiger partial charge in [0.05, 0.1) is 5.54 Å². The Hall–Kier alpha value is -1.55. The molecule has 4 nitrogen and oxygen atoms in total. The van der Waals surface area contributed by atoms with E-state index in [4.69, 9.17) is 5.73 Å². The van der Waals surface area contributed by atoms with Crippen LogP contribution in [-0.4, -0.2) is 31.1 Å². The van der Waals surface area contributed by atoms with Gasteiger partial charge in [0.25, 0.3) is 0 Å². The lowest BCUT2D eigenvalue weighted by Crippen LogP contribution is -2.55. The van der Waals surface area contributed by atoms with Crippen molar-refractivity contribution in [3.8, 4) is 0 Å². The van der Waals surface area contributed by atoms with Crippen LogP contribution in [0.1, 0.15) is 39.2 Å². The normalized spacial score (nSPS) is 14.0. The van der Waals surface area contributed by atoms with Crippen LogP contribution < -0.4 is 16.0 Å². The number of benzene rings is 1. The van der Waals surface area contributed by atoms with Gasteiger partial charge in [0.2, 0.25) is 5.91 Å². The van der Waals surface area contributed by atoms with Gasteiger partial charge in [0, 0.05) is 25.3 Å². The predicted molar refractivity (Wildman–Crippen MR) is 89.6 cm³/mol. The quantitative estimate of drug-likeness (QED) is 0.773. The van der Waals surface area contributed by atoms with Crippen LogP contribution >= 0.6 is 0 Å². The Morgan fingerprint density at radius 2 is 1.90 bits per heavy atom. The highest BCUT2D eigenvalue weighted by atomic mass is 16.1. The van der Waals surface area contributed by atoms with E-state index in [-0.39, 0.29) is 11.9 Å². The summed E-state index contributed by atoms with van der Waals surface area (Å²) < 4.78 is 0. The summed E-state index contributed by atoms with van der Waals surface area (Å²) in [7, 11) is 2.07. The van der Waals surface area contributed by atoms with Gasteiger partial charge in [-0.25, -0.2) is 0 Å². The summed E-state index contributed by atoms with van der Waals surface area (Å²) in [5.74, 6) is -0.283. The second kappa shape index (κ2) is 7.46. The van der Waals surface area contributed by atoms with Crippen molar-refractivity contribution in [3.05, 3.63) is 29.8 Å². The smallest absolute Gasteiger partial charge is 0.237 e. The molecule has 0 aliphatic rings. The van der Waals surface area contributed by atoms with Crippen molar-refractivity contribution in [2.75, 3.05) is 18.5 Å². The van der Waals surface area contributed by atoms with Gasteiger partial charge in [-0.3, -0.25) is 4.79 Å². The van der Waals surface area contributed by atoms with Crippen LogP contribution in [0.5, 0.6) is 0 Å². The van der Waals surface area contributed by atoms with Gasteiger partial charge < -0.3 is 16.0 Å². The second-order valence-electron chi connectivity index (χ2n) is 6.36. The molecule has 0 saturated heterocycles. The van der Waals surface area contributed by atoms with E-state index in [1.165, 1.54) is 11.3 Å². The first kappa shape index (κ1) is 17.5. The number of hydrogen-bond acceptors (Lipinski definition) is 3. The highest BCUT2D eigenvalue weighted by Crippen LogP contribution is 2.17. The molecule has 118 valence electrons. The number of nitrogens with one attached hydrogen (secondary N) is 1. The van der Waals surface area contributed by atoms with Gasteiger partial charge in [-0.1, -0.05) is 17.7 Å². The Kier molecular flexibility index (Phi) is 6.21.